The lowest BCUT2D eigenvalue weighted by atomic mass is 9.96. The van der Waals surface area contributed by atoms with Gasteiger partial charge in [0.1, 0.15) is 0 Å². The molecule has 0 saturated carbocycles. The van der Waals surface area contributed by atoms with E-state index in [2.05, 4.69) is 4.98 Å². The van der Waals surface area contributed by atoms with Gasteiger partial charge in [-0.3, -0.25) is 9.78 Å². The van der Waals surface area contributed by atoms with Gasteiger partial charge in [-0.2, -0.15) is 13.2 Å². The van der Waals surface area contributed by atoms with Crippen molar-refractivity contribution in [1.82, 2.24) is 4.98 Å². The fraction of sp³-hybridized carbons (Fsp3) is 0.200. The molecule has 0 aliphatic carbocycles. The second-order valence-electron chi connectivity index (χ2n) is 4.79. The summed E-state index contributed by atoms with van der Waals surface area (Å²) in [5.41, 5.74) is 0.543. The van der Waals surface area contributed by atoms with E-state index in [0.717, 1.165) is 12.1 Å². The van der Waals surface area contributed by atoms with Gasteiger partial charge >= 0.3 is 6.18 Å². The van der Waals surface area contributed by atoms with Crippen molar-refractivity contribution in [3.63, 3.8) is 0 Å². The fourth-order valence-electron chi connectivity index (χ4n) is 2.41. The van der Waals surface area contributed by atoms with Crippen LogP contribution in [0.25, 0.3) is 0 Å². The fourth-order valence-corrected chi connectivity index (χ4v) is 2.41. The molecule has 1 aromatic carbocycles. The van der Waals surface area contributed by atoms with Gasteiger partial charge in [-0.1, -0.05) is 6.07 Å². The third-order valence-corrected chi connectivity index (χ3v) is 3.48. The highest BCUT2D eigenvalue weighted by molar-refractivity contribution is 6.08. The van der Waals surface area contributed by atoms with E-state index in [1.807, 2.05) is 0 Å². The number of carbonyl (C=O) groups excluding carboxylic acids is 1. The zero-order valence-electron chi connectivity index (χ0n) is 10.9. The topological polar surface area (TPSA) is 33.2 Å². The molecule has 1 aromatic heterocycles. The number of halogens is 3. The molecule has 0 unspecified atom stereocenters. The van der Waals surface area contributed by atoms with Crippen molar-refractivity contribution in [3.05, 3.63) is 59.4 Å². The summed E-state index contributed by atoms with van der Waals surface area (Å²) in [6, 6.07) is 6.73. The van der Waals surface area contributed by atoms with Gasteiger partial charge in [-0.05, 0) is 36.2 Å². The summed E-state index contributed by atoms with van der Waals surface area (Å²) in [7, 11) is 0. The maximum absolute atomic E-state index is 12.8. The van der Waals surface area contributed by atoms with Gasteiger partial charge in [0.2, 0.25) is 0 Å². The average Bonchev–Trinajstić information content (AvgIpc) is 2.47. The molecular formula is C15H11F3N2O. The van der Waals surface area contributed by atoms with E-state index in [4.69, 9.17) is 0 Å². The standard InChI is InChI=1S/C15H11F3N2O/c16-15(17,18)11-4-3-10-5-7-20(14(21)13(10)8-11)12-2-1-6-19-9-12/h1-4,6,8-9H,5,7H2. The molecule has 0 radical (unpaired) electrons. The summed E-state index contributed by atoms with van der Waals surface area (Å²) in [6.45, 7) is 0.433. The van der Waals surface area contributed by atoms with Crippen LogP contribution in [0.4, 0.5) is 18.9 Å². The molecule has 0 spiro atoms. The zero-order valence-corrected chi connectivity index (χ0v) is 10.9. The minimum absolute atomic E-state index is 0.111. The summed E-state index contributed by atoms with van der Waals surface area (Å²) in [4.78, 5) is 17.8. The van der Waals surface area contributed by atoms with Crippen molar-refractivity contribution in [2.24, 2.45) is 0 Å². The van der Waals surface area contributed by atoms with Crippen molar-refractivity contribution in [1.29, 1.82) is 0 Å². The second-order valence-corrected chi connectivity index (χ2v) is 4.79. The number of nitrogens with zero attached hydrogens (tertiary/aromatic N) is 2. The molecule has 0 fully saturated rings. The van der Waals surface area contributed by atoms with Crippen LogP contribution in [-0.2, 0) is 12.6 Å². The van der Waals surface area contributed by atoms with E-state index in [0.29, 0.717) is 24.2 Å². The monoisotopic (exact) mass is 292 g/mol. The molecule has 0 N–H and O–H groups in total. The van der Waals surface area contributed by atoms with Gasteiger partial charge in [0.05, 0.1) is 17.4 Å². The molecule has 108 valence electrons. The van der Waals surface area contributed by atoms with Crippen molar-refractivity contribution in [3.8, 4) is 0 Å². The highest BCUT2D eigenvalue weighted by Crippen LogP contribution is 2.32. The van der Waals surface area contributed by atoms with Crippen LogP contribution in [0.1, 0.15) is 21.5 Å². The van der Waals surface area contributed by atoms with Gasteiger partial charge in [0.25, 0.3) is 5.91 Å². The number of amides is 1. The van der Waals surface area contributed by atoms with Crippen LogP contribution in [0.2, 0.25) is 0 Å². The molecule has 2 heterocycles. The minimum Gasteiger partial charge on any atom is -0.306 e. The SMILES string of the molecule is O=C1c2cc(C(F)(F)F)ccc2CCN1c1cccnc1. The first-order valence-corrected chi connectivity index (χ1v) is 6.39. The predicted octanol–water partition coefficient (Wildman–Crippen LogP) is 3.30. The lowest BCUT2D eigenvalue weighted by Gasteiger charge is -2.28. The van der Waals surface area contributed by atoms with Gasteiger partial charge in [0.15, 0.2) is 0 Å². The molecule has 0 bridgehead atoms. The van der Waals surface area contributed by atoms with E-state index in [1.54, 1.807) is 18.3 Å². The van der Waals surface area contributed by atoms with Gasteiger partial charge < -0.3 is 4.90 Å². The van der Waals surface area contributed by atoms with E-state index < -0.39 is 17.6 Å². The van der Waals surface area contributed by atoms with Gasteiger partial charge in [0, 0.05) is 18.3 Å². The van der Waals surface area contributed by atoms with Crippen LogP contribution in [0.5, 0.6) is 0 Å². The number of aromatic nitrogens is 1. The molecule has 3 rings (SSSR count). The molecule has 21 heavy (non-hydrogen) atoms. The number of pyridine rings is 1. The number of hydrogen-bond acceptors (Lipinski definition) is 2. The second kappa shape index (κ2) is 4.87. The lowest BCUT2D eigenvalue weighted by molar-refractivity contribution is -0.137. The number of fused-ring (bicyclic) bond motifs is 1. The van der Waals surface area contributed by atoms with Crippen molar-refractivity contribution in [2.45, 2.75) is 12.6 Å². The van der Waals surface area contributed by atoms with Crippen LogP contribution in [-0.4, -0.2) is 17.4 Å². The quantitative estimate of drug-likeness (QED) is 0.808. The molecular weight excluding hydrogens is 281 g/mol. The maximum Gasteiger partial charge on any atom is 0.416 e. The summed E-state index contributed by atoms with van der Waals surface area (Å²) in [5.74, 6) is -0.421. The van der Waals surface area contributed by atoms with E-state index in [9.17, 15) is 18.0 Å². The Labute approximate surface area is 119 Å². The third-order valence-electron chi connectivity index (χ3n) is 3.48. The normalized spacial score (nSPS) is 15.0. The first-order valence-electron chi connectivity index (χ1n) is 6.39. The number of benzene rings is 1. The lowest BCUT2D eigenvalue weighted by Crippen LogP contribution is -2.37. The Morgan fingerprint density at radius 2 is 2.00 bits per heavy atom. The predicted molar refractivity (Wildman–Crippen MR) is 71.1 cm³/mol. The molecule has 2 aromatic rings. The first kappa shape index (κ1) is 13.6. The number of carbonyl (C=O) groups is 1. The Kier molecular flexibility index (Phi) is 3.16. The van der Waals surface area contributed by atoms with Crippen molar-refractivity contribution in [2.75, 3.05) is 11.4 Å². The van der Waals surface area contributed by atoms with E-state index >= 15 is 0 Å². The molecule has 3 nitrogen and oxygen atoms in total. The van der Waals surface area contributed by atoms with Crippen LogP contribution >= 0.6 is 0 Å². The highest BCUT2D eigenvalue weighted by atomic mass is 19.4. The third kappa shape index (κ3) is 2.49. The number of hydrogen-bond donors (Lipinski definition) is 0. The summed E-state index contributed by atoms with van der Waals surface area (Å²) in [5, 5.41) is 0. The molecule has 6 heteroatoms. The molecule has 1 aliphatic rings. The Morgan fingerprint density at radius 1 is 1.19 bits per heavy atom. The zero-order chi connectivity index (χ0) is 15.0. The van der Waals surface area contributed by atoms with E-state index in [1.165, 1.54) is 17.2 Å². The van der Waals surface area contributed by atoms with Gasteiger partial charge in [-0.25, -0.2) is 0 Å². The average molecular weight is 292 g/mol. The Morgan fingerprint density at radius 3 is 2.67 bits per heavy atom. The molecule has 0 atom stereocenters. The Bertz CT molecular complexity index is 683. The number of anilines is 1. The summed E-state index contributed by atoms with van der Waals surface area (Å²) in [6.07, 6.45) is -0.829. The molecule has 1 amide bonds. The maximum atomic E-state index is 12.8. The summed E-state index contributed by atoms with van der Waals surface area (Å²) < 4.78 is 38.3. The Balaban J connectivity index is 2.01. The van der Waals surface area contributed by atoms with Crippen LogP contribution in [0.3, 0.4) is 0 Å². The first-order chi connectivity index (χ1) is 9.97. The largest absolute Gasteiger partial charge is 0.416 e. The van der Waals surface area contributed by atoms with Crippen molar-refractivity contribution >= 4 is 11.6 Å². The number of rotatable bonds is 1. The van der Waals surface area contributed by atoms with Crippen LogP contribution in [0.15, 0.2) is 42.7 Å². The van der Waals surface area contributed by atoms with Crippen molar-refractivity contribution < 1.29 is 18.0 Å². The smallest absolute Gasteiger partial charge is 0.306 e. The van der Waals surface area contributed by atoms with Crippen LogP contribution in [0, 0.1) is 0 Å². The summed E-state index contributed by atoms with van der Waals surface area (Å²) >= 11 is 0. The molecule has 0 saturated heterocycles. The highest BCUT2D eigenvalue weighted by Gasteiger charge is 2.33. The minimum atomic E-state index is -4.45. The van der Waals surface area contributed by atoms with Crippen LogP contribution < -0.4 is 4.90 Å². The van der Waals surface area contributed by atoms with Gasteiger partial charge in [-0.15, -0.1) is 0 Å². The molecule has 1 aliphatic heterocycles. The number of alkyl halides is 3. The Hall–Kier alpha value is -2.37. The van der Waals surface area contributed by atoms with E-state index in [-0.39, 0.29) is 5.56 Å².